The molecule has 0 bridgehead atoms. The Hall–Kier alpha value is -2.04. The number of nitrogens with zero attached hydrogens (tertiary/aromatic N) is 1. The largest absolute Gasteiger partial charge is 0.453 e. The van der Waals surface area contributed by atoms with Gasteiger partial charge in [0.1, 0.15) is 5.82 Å². The molecule has 0 atom stereocenters. The molecule has 2 N–H and O–H groups in total. The second-order valence-electron chi connectivity index (χ2n) is 3.17. The van der Waals surface area contributed by atoms with Gasteiger partial charge in [0.2, 0.25) is 0 Å². The number of aryl methyl sites for hydroxylation is 1. The highest BCUT2D eigenvalue weighted by Gasteiger charge is 2.03. The van der Waals surface area contributed by atoms with Gasteiger partial charge in [0, 0.05) is 5.69 Å². The zero-order chi connectivity index (χ0) is 10.8. The molecule has 1 aromatic carbocycles. The number of hydrogen-bond donors (Lipinski definition) is 2. The quantitative estimate of drug-likeness (QED) is 0.748. The van der Waals surface area contributed by atoms with Crippen molar-refractivity contribution < 1.29 is 9.53 Å². The Morgan fingerprint density at radius 1 is 1.53 bits per heavy atom. The number of amides is 1. The van der Waals surface area contributed by atoms with Crippen LogP contribution in [0, 0.1) is 6.92 Å². The molecule has 1 heterocycles. The van der Waals surface area contributed by atoms with Gasteiger partial charge in [-0.15, -0.1) is 0 Å². The number of aromatic amines is 1. The van der Waals surface area contributed by atoms with Crippen molar-refractivity contribution in [2.24, 2.45) is 0 Å². The summed E-state index contributed by atoms with van der Waals surface area (Å²) in [6.45, 7) is 1.88. The van der Waals surface area contributed by atoms with Gasteiger partial charge in [-0.3, -0.25) is 5.32 Å². The molecule has 2 rings (SSSR count). The van der Waals surface area contributed by atoms with Crippen LogP contribution < -0.4 is 5.32 Å². The minimum absolute atomic E-state index is 0.481. The summed E-state index contributed by atoms with van der Waals surface area (Å²) < 4.78 is 4.50. The van der Waals surface area contributed by atoms with E-state index in [0.717, 1.165) is 16.9 Å². The van der Waals surface area contributed by atoms with E-state index < -0.39 is 6.09 Å². The maximum Gasteiger partial charge on any atom is 0.411 e. The lowest BCUT2D eigenvalue weighted by Gasteiger charge is -2.02. The summed E-state index contributed by atoms with van der Waals surface area (Å²) in [5.74, 6) is 0.847. The first-order valence-corrected chi connectivity index (χ1v) is 4.50. The monoisotopic (exact) mass is 205 g/mol. The lowest BCUT2D eigenvalue weighted by Crippen LogP contribution is -2.10. The smallest absolute Gasteiger partial charge is 0.411 e. The minimum Gasteiger partial charge on any atom is -0.453 e. The maximum atomic E-state index is 11.0. The van der Waals surface area contributed by atoms with Crippen molar-refractivity contribution in [3.63, 3.8) is 0 Å². The summed E-state index contributed by atoms with van der Waals surface area (Å²) >= 11 is 0. The molecule has 78 valence electrons. The Bertz CT molecular complexity index is 504. The van der Waals surface area contributed by atoms with E-state index in [0.29, 0.717) is 5.69 Å². The second-order valence-corrected chi connectivity index (χ2v) is 3.17. The number of ether oxygens (including phenoxy) is 1. The van der Waals surface area contributed by atoms with Gasteiger partial charge in [0.15, 0.2) is 0 Å². The molecular formula is C10H11N3O2. The van der Waals surface area contributed by atoms with Gasteiger partial charge in [-0.25, -0.2) is 9.78 Å². The van der Waals surface area contributed by atoms with Crippen LogP contribution in [0.4, 0.5) is 10.5 Å². The van der Waals surface area contributed by atoms with Crippen molar-refractivity contribution in [3.05, 3.63) is 24.0 Å². The van der Waals surface area contributed by atoms with Crippen molar-refractivity contribution in [3.8, 4) is 0 Å². The van der Waals surface area contributed by atoms with E-state index in [1.807, 2.05) is 19.1 Å². The third kappa shape index (κ3) is 1.90. The van der Waals surface area contributed by atoms with E-state index in [-0.39, 0.29) is 0 Å². The number of imidazole rings is 1. The molecule has 2 aromatic rings. The molecule has 0 aliphatic heterocycles. The van der Waals surface area contributed by atoms with Crippen molar-refractivity contribution in [2.75, 3.05) is 12.4 Å². The van der Waals surface area contributed by atoms with E-state index >= 15 is 0 Å². The molecule has 0 spiro atoms. The summed E-state index contributed by atoms with van der Waals surface area (Å²) in [6.07, 6.45) is -0.481. The number of aromatic nitrogens is 2. The number of carbonyl (C=O) groups excluding carboxylic acids is 1. The predicted molar refractivity (Wildman–Crippen MR) is 56.9 cm³/mol. The minimum atomic E-state index is -0.481. The molecule has 15 heavy (non-hydrogen) atoms. The fourth-order valence-electron chi connectivity index (χ4n) is 1.38. The normalized spacial score (nSPS) is 10.3. The van der Waals surface area contributed by atoms with Crippen molar-refractivity contribution >= 4 is 22.8 Å². The van der Waals surface area contributed by atoms with Gasteiger partial charge in [0.25, 0.3) is 0 Å². The molecule has 0 fully saturated rings. The second kappa shape index (κ2) is 3.61. The SMILES string of the molecule is COC(=O)Nc1ccc2nc(C)[nH]c2c1. The first-order valence-electron chi connectivity index (χ1n) is 4.50. The number of benzene rings is 1. The number of rotatable bonds is 1. The van der Waals surface area contributed by atoms with Crippen LogP contribution in [0.25, 0.3) is 11.0 Å². The Morgan fingerprint density at radius 3 is 3.07 bits per heavy atom. The highest BCUT2D eigenvalue weighted by molar-refractivity contribution is 5.88. The van der Waals surface area contributed by atoms with Gasteiger partial charge in [-0.1, -0.05) is 0 Å². The maximum absolute atomic E-state index is 11.0. The van der Waals surface area contributed by atoms with E-state index in [4.69, 9.17) is 0 Å². The van der Waals surface area contributed by atoms with E-state index in [2.05, 4.69) is 20.0 Å². The zero-order valence-electron chi connectivity index (χ0n) is 8.50. The van der Waals surface area contributed by atoms with Crippen molar-refractivity contribution in [2.45, 2.75) is 6.92 Å². The number of hydrogen-bond acceptors (Lipinski definition) is 3. The van der Waals surface area contributed by atoms with Gasteiger partial charge >= 0.3 is 6.09 Å². The molecule has 0 saturated heterocycles. The molecule has 1 amide bonds. The zero-order valence-corrected chi connectivity index (χ0v) is 8.50. The fourth-order valence-corrected chi connectivity index (χ4v) is 1.38. The Kier molecular flexibility index (Phi) is 2.29. The number of nitrogens with one attached hydrogen (secondary N) is 2. The number of H-pyrrole nitrogens is 1. The topological polar surface area (TPSA) is 67.0 Å². The van der Waals surface area contributed by atoms with Crippen molar-refractivity contribution in [1.82, 2.24) is 9.97 Å². The third-order valence-electron chi connectivity index (χ3n) is 2.03. The summed E-state index contributed by atoms with van der Waals surface area (Å²) in [6, 6.07) is 5.43. The molecule has 0 unspecified atom stereocenters. The lowest BCUT2D eigenvalue weighted by molar-refractivity contribution is 0.187. The number of fused-ring (bicyclic) bond motifs is 1. The van der Waals surface area contributed by atoms with Crippen LogP contribution in [0.15, 0.2) is 18.2 Å². The first kappa shape index (κ1) is 9.51. The molecule has 0 aliphatic carbocycles. The number of carbonyl (C=O) groups is 1. The fraction of sp³-hybridized carbons (Fsp3) is 0.200. The van der Waals surface area contributed by atoms with E-state index in [9.17, 15) is 4.79 Å². The van der Waals surface area contributed by atoms with Gasteiger partial charge in [-0.05, 0) is 25.1 Å². The van der Waals surface area contributed by atoms with Gasteiger partial charge < -0.3 is 9.72 Å². The Labute approximate surface area is 86.5 Å². The van der Waals surface area contributed by atoms with Crippen LogP contribution in [-0.4, -0.2) is 23.2 Å². The summed E-state index contributed by atoms with van der Waals surface area (Å²) in [7, 11) is 1.33. The molecule has 0 saturated carbocycles. The highest BCUT2D eigenvalue weighted by Crippen LogP contribution is 2.16. The standard InChI is InChI=1S/C10H11N3O2/c1-6-11-8-4-3-7(5-9(8)12-6)13-10(14)15-2/h3-5H,1-2H3,(H,11,12)(H,13,14). The molecule has 0 radical (unpaired) electrons. The summed E-state index contributed by atoms with van der Waals surface area (Å²) in [5, 5.41) is 2.58. The average Bonchev–Trinajstić information content (AvgIpc) is 2.57. The van der Waals surface area contributed by atoms with Crippen LogP contribution in [0.3, 0.4) is 0 Å². The number of methoxy groups -OCH3 is 1. The predicted octanol–water partition coefficient (Wildman–Crippen LogP) is 2.05. The molecule has 5 nitrogen and oxygen atoms in total. The molecule has 0 aliphatic rings. The average molecular weight is 205 g/mol. The van der Waals surface area contributed by atoms with Crippen LogP contribution in [0.5, 0.6) is 0 Å². The Balaban J connectivity index is 2.33. The van der Waals surface area contributed by atoms with Gasteiger partial charge in [0.05, 0.1) is 18.1 Å². The van der Waals surface area contributed by atoms with Crippen LogP contribution in [0.2, 0.25) is 0 Å². The highest BCUT2D eigenvalue weighted by atomic mass is 16.5. The Morgan fingerprint density at radius 2 is 2.33 bits per heavy atom. The van der Waals surface area contributed by atoms with Crippen LogP contribution in [-0.2, 0) is 4.74 Å². The van der Waals surface area contributed by atoms with E-state index in [1.165, 1.54) is 7.11 Å². The first-order chi connectivity index (χ1) is 7.19. The summed E-state index contributed by atoms with van der Waals surface area (Å²) in [4.78, 5) is 18.3. The van der Waals surface area contributed by atoms with Crippen LogP contribution in [0.1, 0.15) is 5.82 Å². The molecular weight excluding hydrogens is 194 g/mol. The lowest BCUT2D eigenvalue weighted by atomic mass is 10.3. The van der Waals surface area contributed by atoms with Crippen LogP contribution >= 0.6 is 0 Å². The molecule has 5 heteroatoms. The molecule has 1 aromatic heterocycles. The van der Waals surface area contributed by atoms with Gasteiger partial charge in [-0.2, -0.15) is 0 Å². The van der Waals surface area contributed by atoms with E-state index in [1.54, 1.807) is 6.07 Å². The number of anilines is 1. The summed E-state index contributed by atoms with van der Waals surface area (Å²) in [5.41, 5.74) is 2.45. The van der Waals surface area contributed by atoms with Crippen molar-refractivity contribution in [1.29, 1.82) is 0 Å². The third-order valence-corrected chi connectivity index (χ3v) is 2.03.